The standard InChI is InChI=1S/C11H21N3O3/c1-3-13-9(15)8(2)14-10(16)11(12)4-6-17-7-5-11/h8H,3-7,12H2,1-2H3,(H,13,15)(H,14,16). The molecule has 1 heterocycles. The fourth-order valence-electron chi connectivity index (χ4n) is 1.70. The number of amides is 2. The molecule has 6 nitrogen and oxygen atoms in total. The molecule has 17 heavy (non-hydrogen) atoms. The normalized spacial score (nSPS) is 20.4. The van der Waals surface area contributed by atoms with E-state index in [4.69, 9.17) is 10.5 Å². The minimum Gasteiger partial charge on any atom is -0.381 e. The molecule has 0 saturated carbocycles. The lowest BCUT2D eigenvalue weighted by Crippen LogP contribution is -2.60. The number of likely N-dealkylation sites (N-methyl/N-ethyl adjacent to an activating group) is 1. The maximum atomic E-state index is 12.0. The van der Waals surface area contributed by atoms with Crippen LogP contribution in [-0.4, -0.2) is 43.2 Å². The average Bonchev–Trinajstić information content (AvgIpc) is 2.30. The van der Waals surface area contributed by atoms with Crippen molar-refractivity contribution in [1.82, 2.24) is 10.6 Å². The van der Waals surface area contributed by atoms with E-state index in [1.807, 2.05) is 6.92 Å². The zero-order valence-electron chi connectivity index (χ0n) is 10.4. The lowest BCUT2D eigenvalue weighted by molar-refractivity contribution is -0.134. The quantitative estimate of drug-likeness (QED) is 0.598. The van der Waals surface area contributed by atoms with Gasteiger partial charge in [0, 0.05) is 19.8 Å². The number of carbonyl (C=O) groups is 2. The van der Waals surface area contributed by atoms with Crippen LogP contribution in [0, 0.1) is 0 Å². The number of carbonyl (C=O) groups excluding carboxylic acids is 2. The van der Waals surface area contributed by atoms with Crippen LogP contribution in [-0.2, 0) is 14.3 Å². The molecule has 1 saturated heterocycles. The molecular weight excluding hydrogens is 222 g/mol. The summed E-state index contributed by atoms with van der Waals surface area (Å²) in [6.07, 6.45) is 0.974. The van der Waals surface area contributed by atoms with Crippen LogP contribution in [0.25, 0.3) is 0 Å². The van der Waals surface area contributed by atoms with Gasteiger partial charge in [0.1, 0.15) is 6.04 Å². The summed E-state index contributed by atoms with van der Waals surface area (Å²) in [4.78, 5) is 23.4. The van der Waals surface area contributed by atoms with Crippen LogP contribution in [0.3, 0.4) is 0 Å². The first-order valence-electron chi connectivity index (χ1n) is 5.95. The molecule has 2 amide bonds. The van der Waals surface area contributed by atoms with Crippen molar-refractivity contribution in [2.45, 2.75) is 38.3 Å². The van der Waals surface area contributed by atoms with Crippen molar-refractivity contribution in [2.24, 2.45) is 5.73 Å². The number of hydrogen-bond acceptors (Lipinski definition) is 4. The smallest absolute Gasteiger partial charge is 0.242 e. The van der Waals surface area contributed by atoms with Gasteiger partial charge in [-0.15, -0.1) is 0 Å². The summed E-state index contributed by atoms with van der Waals surface area (Å²) in [6, 6.07) is -0.564. The van der Waals surface area contributed by atoms with Gasteiger partial charge in [-0.05, 0) is 26.7 Å². The predicted molar refractivity (Wildman–Crippen MR) is 63.3 cm³/mol. The van der Waals surface area contributed by atoms with Gasteiger partial charge in [0.05, 0.1) is 5.54 Å². The van der Waals surface area contributed by atoms with Crippen LogP contribution in [0.1, 0.15) is 26.7 Å². The molecule has 1 aliphatic rings. The summed E-state index contributed by atoms with van der Waals surface area (Å²) < 4.78 is 5.17. The monoisotopic (exact) mass is 243 g/mol. The summed E-state index contributed by atoms with van der Waals surface area (Å²) in [7, 11) is 0. The van der Waals surface area contributed by atoms with Crippen molar-refractivity contribution in [2.75, 3.05) is 19.8 Å². The molecule has 98 valence electrons. The van der Waals surface area contributed by atoms with Gasteiger partial charge in [0.2, 0.25) is 11.8 Å². The van der Waals surface area contributed by atoms with Gasteiger partial charge < -0.3 is 21.1 Å². The third kappa shape index (κ3) is 3.67. The van der Waals surface area contributed by atoms with Gasteiger partial charge in [-0.25, -0.2) is 0 Å². The molecule has 4 N–H and O–H groups in total. The van der Waals surface area contributed by atoms with Crippen LogP contribution in [0.2, 0.25) is 0 Å². The fraction of sp³-hybridized carbons (Fsp3) is 0.818. The molecule has 6 heteroatoms. The van der Waals surface area contributed by atoms with Crippen LogP contribution >= 0.6 is 0 Å². The molecule has 0 radical (unpaired) electrons. The first-order chi connectivity index (χ1) is 7.99. The molecule has 0 aliphatic carbocycles. The van der Waals surface area contributed by atoms with Crippen LogP contribution in [0.15, 0.2) is 0 Å². The summed E-state index contributed by atoms with van der Waals surface area (Å²) >= 11 is 0. The molecule has 0 aromatic carbocycles. The molecule has 1 fully saturated rings. The molecule has 0 aromatic rings. The Kier molecular flexibility index (Phi) is 4.89. The zero-order chi connectivity index (χ0) is 12.9. The Morgan fingerprint density at radius 1 is 1.41 bits per heavy atom. The Morgan fingerprint density at radius 2 is 2.00 bits per heavy atom. The Labute approximate surface area is 101 Å². The summed E-state index contributed by atoms with van der Waals surface area (Å²) in [6.45, 7) is 4.99. The number of nitrogens with two attached hydrogens (primary N) is 1. The van der Waals surface area contributed by atoms with Crippen molar-refractivity contribution in [3.05, 3.63) is 0 Å². The highest BCUT2D eigenvalue weighted by molar-refractivity contribution is 5.91. The highest BCUT2D eigenvalue weighted by Crippen LogP contribution is 2.17. The molecule has 0 bridgehead atoms. The Hall–Kier alpha value is -1.14. The average molecular weight is 243 g/mol. The van der Waals surface area contributed by atoms with Crippen molar-refractivity contribution < 1.29 is 14.3 Å². The zero-order valence-corrected chi connectivity index (χ0v) is 10.4. The van der Waals surface area contributed by atoms with Crippen LogP contribution in [0.5, 0.6) is 0 Å². The van der Waals surface area contributed by atoms with Gasteiger partial charge in [-0.2, -0.15) is 0 Å². The number of ether oxygens (including phenoxy) is 1. The molecule has 0 aromatic heterocycles. The van der Waals surface area contributed by atoms with Crippen LogP contribution < -0.4 is 16.4 Å². The topological polar surface area (TPSA) is 93.5 Å². The van der Waals surface area contributed by atoms with Crippen molar-refractivity contribution >= 4 is 11.8 Å². The molecule has 1 atom stereocenters. The molecule has 1 unspecified atom stereocenters. The Balaban J connectivity index is 2.50. The molecular formula is C11H21N3O3. The first kappa shape index (κ1) is 13.9. The SMILES string of the molecule is CCNC(=O)C(C)NC(=O)C1(N)CCOCC1. The predicted octanol–water partition coefficient (Wildman–Crippen LogP) is -0.865. The summed E-state index contributed by atoms with van der Waals surface area (Å²) in [5.74, 6) is -0.476. The second-order valence-corrected chi connectivity index (χ2v) is 4.36. The van der Waals surface area contributed by atoms with Gasteiger partial charge >= 0.3 is 0 Å². The van der Waals surface area contributed by atoms with Crippen molar-refractivity contribution in [3.63, 3.8) is 0 Å². The number of rotatable bonds is 4. The fourth-order valence-corrected chi connectivity index (χ4v) is 1.70. The minimum absolute atomic E-state index is 0.198. The largest absolute Gasteiger partial charge is 0.381 e. The first-order valence-corrected chi connectivity index (χ1v) is 5.95. The van der Waals surface area contributed by atoms with E-state index in [-0.39, 0.29) is 11.8 Å². The molecule has 1 aliphatic heterocycles. The lowest BCUT2D eigenvalue weighted by Gasteiger charge is -2.32. The van der Waals surface area contributed by atoms with Crippen molar-refractivity contribution in [1.29, 1.82) is 0 Å². The van der Waals surface area contributed by atoms with Crippen LogP contribution in [0.4, 0.5) is 0 Å². The highest BCUT2D eigenvalue weighted by Gasteiger charge is 2.36. The third-order valence-corrected chi connectivity index (χ3v) is 2.93. The van der Waals surface area contributed by atoms with Crippen molar-refractivity contribution in [3.8, 4) is 0 Å². The maximum Gasteiger partial charge on any atom is 0.242 e. The van der Waals surface area contributed by atoms with Gasteiger partial charge in [-0.3, -0.25) is 9.59 Å². The number of nitrogens with one attached hydrogen (secondary N) is 2. The van der Waals surface area contributed by atoms with Gasteiger partial charge in [0.25, 0.3) is 0 Å². The van der Waals surface area contributed by atoms with E-state index in [2.05, 4.69) is 10.6 Å². The van der Waals surface area contributed by atoms with E-state index in [0.717, 1.165) is 0 Å². The summed E-state index contributed by atoms with van der Waals surface area (Å²) in [5, 5.41) is 5.29. The van der Waals surface area contributed by atoms with Gasteiger partial charge in [0.15, 0.2) is 0 Å². The van der Waals surface area contributed by atoms with E-state index >= 15 is 0 Å². The van der Waals surface area contributed by atoms with E-state index < -0.39 is 11.6 Å². The maximum absolute atomic E-state index is 12.0. The second kappa shape index (κ2) is 5.97. The van der Waals surface area contributed by atoms with E-state index in [0.29, 0.717) is 32.6 Å². The molecule has 1 rings (SSSR count). The summed E-state index contributed by atoms with van der Waals surface area (Å²) in [5.41, 5.74) is 5.10. The van der Waals surface area contributed by atoms with E-state index in [1.54, 1.807) is 6.92 Å². The minimum atomic E-state index is -0.904. The number of hydrogen-bond donors (Lipinski definition) is 3. The lowest BCUT2D eigenvalue weighted by atomic mass is 9.90. The Bertz CT molecular complexity index is 288. The van der Waals surface area contributed by atoms with E-state index in [9.17, 15) is 9.59 Å². The molecule has 0 spiro atoms. The second-order valence-electron chi connectivity index (χ2n) is 4.36. The Morgan fingerprint density at radius 3 is 2.53 bits per heavy atom. The highest BCUT2D eigenvalue weighted by atomic mass is 16.5. The van der Waals surface area contributed by atoms with Gasteiger partial charge in [-0.1, -0.05) is 0 Å². The third-order valence-electron chi connectivity index (χ3n) is 2.93. The van der Waals surface area contributed by atoms with E-state index in [1.165, 1.54) is 0 Å².